The third-order valence-electron chi connectivity index (χ3n) is 4.13. The normalized spacial score (nSPS) is 18.5. The van der Waals surface area contributed by atoms with Gasteiger partial charge < -0.3 is 4.90 Å². The molecule has 2 nitrogen and oxygen atoms in total. The molecule has 0 spiro atoms. The van der Waals surface area contributed by atoms with E-state index in [0.717, 1.165) is 30.8 Å². The van der Waals surface area contributed by atoms with Gasteiger partial charge in [-0.3, -0.25) is 4.79 Å². The Morgan fingerprint density at radius 1 is 1.09 bits per heavy atom. The van der Waals surface area contributed by atoms with Crippen LogP contribution in [0, 0.1) is 0 Å². The van der Waals surface area contributed by atoms with E-state index in [1.165, 1.54) is 5.56 Å². The average molecular weight is 346 g/mol. The van der Waals surface area contributed by atoms with Gasteiger partial charge in [0.2, 0.25) is 5.91 Å². The predicted octanol–water partition coefficient (Wildman–Crippen LogP) is 4.59. The lowest BCUT2D eigenvalue weighted by Gasteiger charge is -2.20. The molecule has 1 amide bonds. The molecule has 1 fully saturated rings. The summed E-state index contributed by atoms with van der Waals surface area (Å²) in [5, 5.41) is 1.20. The fraction of sp³-hybridized carbons (Fsp3) is 0.316. The second-order valence-electron chi connectivity index (χ2n) is 5.74. The van der Waals surface area contributed by atoms with Gasteiger partial charge in [0.05, 0.1) is 6.42 Å². The molecule has 23 heavy (non-hydrogen) atoms. The largest absolute Gasteiger partial charge is 0.342 e. The summed E-state index contributed by atoms with van der Waals surface area (Å²) in [5.41, 5.74) is 2.39. The Morgan fingerprint density at radius 2 is 1.83 bits per heavy atom. The highest BCUT2D eigenvalue weighted by molar-refractivity contribution is 7.99. The van der Waals surface area contributed by atoms with Crippen molar-refractivity contribution in [1.29, 1.82) is 0 Å². The van der Waals surface area contributed by atoms with Gasteiger partial charge in [0, 0.05) is 29.1 Å². The summed E-state index contributed by atoms with van der Waals surface area (Å²) in [5.74, 6) is 1.20. The Labute approximate surface area is 146 Å². The smallest absolute Gasteiger partial charge is 0.227 e. The Bertz CT molecular complexity index is 644. The molecular weight excluding hydrogens is 326 g/mol. The first-order valence-electron chi connectivity index (χ1n) is 7.91. The van der Waals surface area contributed by atoms with Crippen LogP contribution in [0.3, 0.4) is 0 Å². The highest BCUT2D eigenvalue weighted by Crippen LogP contribution is 2.34. The second-order valence-corrected chi connectivity index (χ2v) is 7.49. The summed E-state index contributed by atoms with van der Waals surface area (Å²) in [6, 6.07) is 18.1. The predicted molar refractivity (Wildman–Crippen MR) is 98.0 cm³/mol. The quantitative estimate of drug-likeness (QED) is 0.811. The fourth-order valence-electron chi connectivity index (χ4n) is 2.84. The summed E-state index contributed by atoms with van der Waals surface area (Å²) in [6.07, 6.45) is 1.47. The Balaban J connectivity index is 1.59. The lowest BCUT2D eigenvalue weighted by molar-refractivity contribution is -0.130. The number of carbonyl (C=O) groups excluding carboxylic acids is 1. The number of thioether (sulfide) groups is 1. The maximum atomic E-state index is 12.5. The number of amides is 1. The number of nitrogens with zero attached hydrogens (tertiary/aromatic N) is 1. The zero-order chi connectivity index (χ0) is 16.1. The van der Waals surface area contributed by atoms with Crippen LogP contribution in [0.15, 0.2) is 54.6 Å². The van der Waals surface area contributed by atoms with Crippen LogP contribution >= 0.6 is 23.4 Å². The first kappa shape index (κ1) is 16.4. The van der Waals surface area contributed by atoms with Crippen LogP contribution in [-0.4, -0.2) is 29.6 Å². The van der Waals surface area contributed by atoms with Gasteiger partial charge in [-0.25, -0.2) is 0 Å². The Morgan fingerprint density at radius 3 is 2.57 bits per heavy atom. The van der Waals surface area contributed by atoms with E-state index < -0.39 is 0 Å². The highest BCUT2D eigenvalue weighted by Gasteiger charge is 2.21. The molecule has 2 aromatic carbocycles. The van der Waals surface area contributed by atoms with Crippen LogP contribution in [0.25, 0.3) is 0 Å². The van der Waals surface area contributed by atoms with Crippen molar-refractivity contribution in [2.24, 2.45) is 0 Å². The van der Waals surface area contributed by atoms with Crippen molar-refractivity contribution < 1.29 is 4.79 Å². The van der Waals surface area contributed by atoms with Crippen molar-refractivity contribution in [2.45, 2.75) is 18.1 Å². The summed E-state index contributed by atoms with van der Waals surface area (Å²) in [7, 11) is 0. The Kier molecular flexibility index (Phi) is 5.63. The molecule has 2 aromatic rings. The van der Waals surface area contributed by atoms with Gasteiger partial charge in [0.1, 0.15) is 0 Å². The second kappa shape index (κ2) is 7.89. The van der Waals surface area contributed by atoms with Gasteiger partial charge in [0.25, 0.3) is 0 Å². The molecule has 0 bridgehead atoms. The van der Waals surface area contributed by atoms with Crippen LogP contribution in [0.1, 0.15) is 22.8 Å². The standard InChI is InChI=1S/C19H20ClNOS/c20-17-8-6-15(7-9-17)14-19(22)21-11-10-18(23-13-12-21)16-4-2-1-3-5-16/h1-9,18H,10-14H2. The summed E-state index contributed by atoms with van der Waals surface area (Å²) in [6.45, 7) is 1.67. The molecule has 0 saturated carbocycles. The minimum absolute atomic E-state index is 0.210. The monoisotopic (exact) mass is 345 g/mol. The zero-order valence-corrected chi connectivity index (χ0v) is 14.5. The van der Waals surface area contributed by atoms with Crippen LogP contribution < -0.4 is 0 Å². The maximum absolute atomic E-state index is 12.5. The van der Waals surface area contributed by atoms with Crippen molar-refractivity contribution in [3.05, 3.63) is 70.7 Å². The van der Waals surface area contributed by atoms with Gasteiger partial charge in [-0.1, -0.05) is 54.1 Å². The highest BCUT2D eigenvalue weighted by atomic mass is 35.5. The lowest BCUT2D eigenvalue weighted by Crippen LogP contribution is -2.34. The maximum Gasteiger partial charge on any atom is 0.227 e. The summed E-state index contributed by atoms with van der Waals surface area (Å²) >= 11 is 7.85. The molecular formula is C19H20ClNOS. The molecule has 0 radical (unpaired) electrons. The number of carbonyl (C=O) groups is 1. The fourth-order valence-corrected chi connectivity index (χ4v) is 4.20. The van der Waals surface area contributed by atoms with Crippen LogP contribution in [-0.2, 0) is 11.2 Å². The number of rotatable bonds is 3. The molecule has 1 heterocycles. The molecule has 3 rings (SSSR count). The van der Waals surface area contributed by atoms with Crippen LogP contribution in [0.5, 0.6) is 0 Å². The minimum Gasteiger partial charge on any atom is -0.342 e. The van der Waals surface area contributed by atoms with Gasteiger partial charge >= 0.3 is 0 Å². The van der Waals surface area contributed by atoms with E-state index in [4.69, 9.17) is 11.6 Å². The van der Waals surface area contributed by atoms with Gasteiger partial charge in [-0.2, -0.15) is 11.8 Å². The van der Waals surface area contributed by atoms with Crippen molar-refractivity contribution in [3.63, 3.8) is 0 Å². The molecule has 1 atom stereocenters. The summed E-state index contributed by atoms with van der Waals surface area (Å²) < 4.78 is 0. The molecule has 1 aliphatic rings. The van der Waals surface area contributed by atoms with E-state index in [1.54, 1.807) is 0 Å². The third-order valence-corrected chi connectivity index (χ3v) is 5.71. The Hall–Kier alpha value is -1.45. The SMILES string of the molecule is O=C(Cc1ccc(Cl)cc1)N1CCSC(c2ccccc2)CC1. The first-order valence-corrected chi connectivity index (χ1v) is 9.34. The van der Waals surface area contributed by atoms with E-state index in [1.807, 2.05) is 47.0 Å². The molecule has 0 aromatic heterocycles. The van der Waals surface area contributed by atoms with E-state index in [2.05, 4.69) is 24.3 Å². The van der Waals surface area contributed by atoms with E-state index in [-0.39, 0.29) is 5.91 Å². The van der Waals surface area contributed by atoms with Crippen molar-refractivity contribution in [2.75, 3.05) is 18.8 Å². The molecule has 0 N–H and O–H groups in total. The zero-order valence-electron chi connectivity index (χ0n) is 13.0. The topological polar surface area (TPSA) is 20.3 Å². The molecule has 120 valence electrons. The number of benzene rings is 2. The van der Waals surface area contributed by atoms with Crippen molar-refractivity contribution in [3.8, 4) is 0 Å². The molecule has 0 aliphatic carbocycles. The van der Waals surface area contributed by atoms with E-state index >= 15 is 0 Å². The van der Waals surface area contributed by atoms with Crippen molar-refractivity contribution in [1.82, 2.24) is 4.90 Å². The molecule has 4 heteroatoms. The van der Waals surface area contributed by atoms with Gasteiger partial charge in [0.15, 0.2) is 0 Å². The lowest BCUT2D eigenvalue weighted by atomic mass is 10.1. The third kappa shape index (κ3) is 4.52. The van der Waals surface area contributed by atoms with Crippen LogP contribution in [0.2, 0.25) is 5.02 Å². The van der Waals surface area contributed by atoms with E-state index in [9.17, 15) is 4.79 Å². The molecule has 1 saturated heterocycles. The first-order chi connectivity index (χ1) is 11.2. The minimum atomic E-state index is 0.210. The molecule has 1 aliphatic heterocycles. The van der Waals surface area contributed by atoms with E-state index in [0.29, 0.717) is 16.7 Å². The average Bonchev–Trinajstić information content (AvgIpc) is 2.84. The van der Waals surface area contributed by atoms with Gasteiger partial charge in [-0.15, -0.1) is 0 Å². The van der Waals surface area contributed by atoms with Gasteiger partial charge in [-0.05, 0) is 29.7 Å². The number of halogens is 1. The molecule has 1 unspecified atom stereocenters. The number of hydrogen-bond donors (Lipinski definition) is 0. The van der Waals surface area contributed by atoms with Crippen LogP contribution in [0.4, 0.5) is 0 Å². The number of hydrogen-bond acceptors (Lipinski definition) is 2. The van der Waals surface area contributed by atoms with Crippen molar-refractivity contribution >= 4 is 29.3 Å². The summed E-state index contributed by atoms with van der Waals surface area (Å²) in [4.78, 5) is 14.5.